The molecule has 4 aromatic heterocycles. The molecule has 0 bridgehead atoms. The minimum absolute atomic E-state index is 0. The van der Waals surface area contributed by atoms with Gasteiger partial charge in [0, 0.05) is 54.6 Å². The van der Waals surface area contributed by atoms with Crippen molar-refractivity contribution in [2.75, 3.05) is 0 Å². The molecule has 0 aliphatic rings. The van der Waals surface area contributed by atoms with Gasteiger partial charge in [0.2, 0.25) is 0 Å². The molecule has 56 heavy (non-hydrogen) atoms. The van der Waals surface area contributed by atoms with Crippen molar-refractivity contribution in [2.45, 2.75) is 39.5 Å². The van der Waals surface area contributed by atoms with E-state index in [0.29, 0.717) is 11.8 Å². The van der Waals surface area contributed by atoms with Gasteiger partial charge in [0.25, 0.3) is 0 Å². The zero-order valence-corrected chi connectivity index (χ0v) is 34.0. The summed E-state index contributed by atoms with van der Waals surface area (Å²) < 4.78 is 14.5. The van der Waals surface area contributed by atoms with Gasteiger partial charge < -0.3 is 18.4 Å². The number of aromatic nitrogens is 3. The molecule has 4 heterocycles. The molecular weight excluding hydrogens is 867 g/mol. The summed E-state index contributed by atoms with van der Waals surface area (Å²) in [7, 11) is 0. The second-order valence-electron chi connectivity index (χ2n) is 14.4. The third-order valence-electron chi connectivity index (χ3n) is 10.2. The Kier molecular flexibility index (Phi) is 10.3. The molecule has 0 spiro atoms. The Hall–Kier alpha value is -6.07. The van der Waals surface area contributed by atoms with E-state index in [0.717, 1.165) is 77.7 Å². The first kappa shape index (κ1) is 36.9. The number of pyridine rings is 1. The number of imidazole rings is 1. The smallest absolute Gasteiger partial charge is 0.135 e. The van der Waals surface area contributed by atoms with Gasteiger partial charge in [0.1, 0.15) is 11.2 Å². The average Bonchev–Trinajstić information content (AvgIpc) is 3.94. The first-order valence-electron chi connectivity index (χ1n) is 18.8. The zero-order valence-electron chi connectivity index (χ0n) is 31.6. The van der Waals surface area contributed by atoms with Crippen molar-refractivity contribution in [3.8, 4) is 39.5 Å². The molecule has 0 saturated heterocycles. The third kappa shape index (κ3) is 6.76. The Labute approximate surface area is 340 Å². The molecule has 0 saturated carbocycles. The number of hydrogen-bond acceptors (Lipinski definition) is 4. The van der Waals surface area contributed by atoms with Crippen LogP contribution in [0, 0.1) is 12.3 Å². The Balaban J connectivity index is 0.000000290. The van der Waals surface area contributed by atoms with E-state index in [9.17, 15) is 0 Å². The van der Waals surface area contributed by atoms with Gasteiger partial charge in [0.15, 0.2) is 0 Å². The largest absolute Gasteiger partial charge is 0.557 e. The minimum Gasteiger partial charge on any atom is -0.557 e. The molecule has 0 N–H and O–H groups in total. The molecule has 0 fully saturated rings. The summed E-state index contributed by atoms with van der Waals surface area (Å²) in [5.41, 5.74) is 13.5. The monoisotopic (exact) mass is 906 g/mol. The van der Waals surface area contributed by atoms with E-state index in [4.69, 9.17) is 13.8 Å². The van der Waals surface area contributed by atoms with Gasteiger partial charge in [-0.15, -0.1) is 35.9 Å². The van der Waals surface area contributed by atoms with E-state index in [1.807, 2.05) is 66.7 Å². The van der Waals surface area contributed by atoms with Crippen LogP contribution in [0.4, 0.5) is 0 Å². The van der Waals surface area contributed by atoms with E-state index in [1.54, 1.807) is 6.20 Å². The van der Waals surface area contributed by atoms with Crippen LogP contribution in [0.3, 0.4) is 0 Å². The number of benzene rings is 6. The van der Waals surface area contributed by atoms with Gasteiger partial charge in [-0.1, -0.05) is 124 Å². The quantitative estimate of drug-likeness (QED) is 0.156. The number of para-hydroxylation sites is 4. The van der Waals surface area contributed by atoms with Crippen molar-refractivity contribution in [3.05, 3.63) is 175 Å². The maximum atomic E-state index is 6.08. The summed E-state index contributed by atoms with van der Waals surface area (Å²) in [5.74, 6) is 1.52. The van der Waals surface area contributed by atoms with Crippen molar-refractivity contribution in [3.63, 3.8) is 0 Å². The van der Waals surface area contributed by atoms with E-state index in [2.05, 4.69) is 128 Å². The maximum absolute atomic E-state index is 6.08. The Morgan fingerprint density at radius 3 is 2.02 bits per heavy atom. The van der Waals surface area contributed by atoms with Crippen LogP contribution < -0.4 is 0 Å². The molecule has 10 rings (SSSR count). The van der Waals surface area contributed by atoms with Crippen molar-refractivity contribution < 1.29 is 28.9 Å². The molecule has 277 valence electrons. The van der Waals surface area contributed by atoms with Gasteiger partial charge in [0.05, 0.1) is 16.9 Å². The molecule has 1 radical (unpaired) electrons. The normalized spacial score (nSPS) is 11.4. The molecule has 6 heteroatoms. The first-order chi connectivity index (χ1) is 26.9. The minimum atomic E-state index is 0. The molecule has 10 aromatic rings. The summed E-state index contributed by atoms with van der Waals surface area (Å²) in [4.78, 5) is 9.43. The second kappa shape index (κ2) is 15.6. The van der Waals surface area contributed by atoms with E-state index < -0.39 is 0 Å². The van der Waals surface area contributed by atoms with Crippen molar-refractivity contribution in [1.29, 1.82) is 0 Å². The van der Waals surface area contributed by atoms with Crippen LogP contribution in [0.25, 0.3) is 83.4 Å². The number of hydrogen-bond donors (Lipinski definition) is 0. The second-order valence-corrected chi connectivity index (χ2v) is 14.4. The zero-order chi connectivity index (χ0) is 37.5. The predicted molar refractivity (Wildman–Crippen MR) is 225 cm³/mol. The summed E-state index contributed by atoms with van der Waals surface area (Å²) >= 11 is 0. The first-order valence-corrected chi connectivity index (χ1v) is 18.8. The van der Waals surface area contributed by atoms with Crippen LogP contribution >= 0.6 is 0 Å². The number of rotatable bonds is 6. The van der Waals surface area contributed by atoms with Crippen LogP contribution in [0.2, 0.25) is 0 Å². The fraction of sp³-hybridized carbons (Fsp3) is 0.120. The van der Waals surface area contributed by atoms with Crippen LogP contribution in [0.1, 0.15) is 50.7 Å². The predicted octanol–water partition coefficient (Wildman–Crippen LogP) is 13.6. The van der Waals surface area contributed by atoms with Crippen LogP contribution in [-0.4, -0.2) is 14.5 Å². The van der Waals surface area contributed by atoms with Gasteiger partial charge >= 0.3 is 0 Å². The van der Waals surface area contributed by atoms with Gasteiger partial charge in [-0.05, 0) is 76.2 Å². The molecule has 6 aromatic carbocycles. The molecule has 0 aliphatic heterocycles. The van der Waals surface area contributed by atoms with E-state index in [-0.39, 0.29) is 20.1 Å². The SMILES string of the molecule is CC(C)c1cccc(C(C)C)c1-n1c(-c2[c-]oc3ccc(-c4ccc5oc6ccccc6c5c4)cc23)nc2ccccc21.[Ir].[c-]1ccccc1-c1ccccn1. The summed E-state index contributed by atoms with van der Waals surface area (Å²) in [6.07, 6.45) is 5.04. The molecule has 0 amide bonds. The van der Waals surface area contributed by atoms with Gasteiger partial charge in [-0.2, -0.15) is 0 Å². The fourth-order valence-electron chi connectivity index (χ4n) is 7.49. The topological polar surface area (TPSA) is 57.0 Å². The third-order valence-corrected chi connectivity index (χ3v) is 10.2. The van der Waals surface area contributed by atoms with Crippen LogP contribution in [0.5, 0.6) is 0 Å². The number of furan rings is 2. The van der Waals surface area contributed by atoms with Crippen molar-refractivity contribution in [2.24, 2.45) is 0 Å². The molecule has 0 atom stereocenters. The Morgan fingerprint density at radius 1 is 0.607 bits per heavy atom. The number of nitrogens with zero attached hydrogens (tertiary/aromatic N) is 3. The molecular formula is C50H39IrN3O2-2. The average molecular weight is 906 g/mol. The van der Waals surface area contributed by atoms with Gasteiger partial charge in [-0.3, -0.25) is 4.98 Å². The van der Waals surface area contributed by atoms with E-state index in [1.165, 1.54) is 16.8 Å². The van der Waals surface area contributed by atoms with Gasteiger partial charge in [-0.25, -0.2) is 0 Å². The van der Waals surface area contributed by atoms with Crippen LogP contribution in [-0.2, 0) is 20.1 Å². The van der Waals surface area contributed by atoms with Crippen molar-refractivity contribution in [1.82, 2.24) is 14.5 Å². The molecule has 5 nitrogen and oxygen atoms in total. The Bertz CT molecular complexity index is 2880. The molecule has 0 unspecified atom stereocenters. The maximum Gasteiger partial charge on any atom is 0.135 e. The fourth-order valence-corrected chi connectivity index (χ4v) is 7.49. The molecule has 0 aliphatic carbocycles. The summed E-state index contributed by atoms with van der Waals surface area (Å²) in [6.45, 7) is 9.03. The summed E-state index contributed by atoms with van der Waals surface area (Å²) in [6, 6.07) is 52.8. The standard InChI is InChI=1S/C39H31N2O2.C11H8N.Ir/c1-23(2)27-11-9-12-28(24(3)4)38(27)41-34-14-7-6-13-33(34)40-39(41)32-22-42-35-18-16-25(21-31(32)35)26-17-19-37-30(20-26)29-10-5-8-15-36(29)43-37;1-2-6-10(7-3-1)11-8-4-5-9-12-11;/h5-21,23-24H,1-4H3;1-6,8-9H;/q2*-1;. The summed E-state index contributed by atoms with van der Waals surface area (Å²) in [5, 5.41) is 3.22. The van der Waals surface area contributed by atoms with E-state index >= 15 is 0 Å². The number of fused-ring (bicyclic) bond motifs is 5. The van der Waals surface area contributed by atoms with Crippen LogP contribution in [0.15, 0.2) is 161 Å². The van der Waals surface area contributed by atoms with Crippen molar-refractivity contribution >= 4 is 43.9 Å². The Morgan fingerprint density at radius 2 is 1.29 bits per heavy atom.